The number of amides is 1. The van der Waals surface area contributed by atoms with Gasteiger partial charge in [0.2, 0.25) is 0 Å². The molecule has 7 heteroatoms. The van der Waals surface area contributed by atoms with Crippen molar-refractivity contribution in [3.05, 3.63) is 48.3 Å². The number of hydrogen-bond donors (Lipinski definition) is 1. The largest absolute Gasteiger partial charge is 0.346 e. The molecule has 2 unspecified atom stereocenters. The summed E-state index contributed by atoms with van der Waals surface area (Å²) in [5.41, 5.74) is 2.49. The average molecular weight is 376 g/mol. The van der Waals surface area contributed by atoms with Gasteiger partial charge in [0.1, 0.15) is 12.7 Å². The summed E-state index contributed by atoms with van der Waals surface area (Å²) in [5.74, 6) is 1.30. The predicted molar refractivity (Wildman–Crippen MR) is 103 cm³/mol. The number of rotatable bonds is 3. The lowest BCUT2D eigenvalue weighted by Gasteiger charge is -2.61. The molecular weight excluding hydrogens is 352 g/mol. The van der Waals surface area contributed by atoms with Crippen molar-refractivity contribution in [3.8, 4) is 0 Å². The summed E-state index contributed by atoms with van der Waals surface area (Å²) < 4.78 is 3.87. The number of carbonyl (C=O) groups is 1. The second kappa shape index (κ2) is 5.43. The Balaban J connectivity index is 1.36. The minimum atomic E-state index is -0.149. The average Bonchev–Trinajstić information content (AvgIpc) is 3.31. The second-order valence-electron chi connectivity index (χ2n) is 9.30. The fourth-order valence-electron chi connectivity index (χ4n) is 6.77. The fourth-order valence-corrected chi connectivity index (χ4v) is 6.77. The molecule has 7 nitrogen and oxygen atoms in total. The van der Waals surface area contributed by atoms with Gasteiger partial charge in [-0.05, 0) is 68.9 Å². The standard InChI is InChI=1S/C21H24N6O/c1-14-3-2-4-26-18(14)17(10-23-26)19(28)25-20-6-15-5-16(7-20)9-21(8-15,11-20)27-13-22-12-24-27/h2-4,10,12-13,15-16H,5-9,11H2,1H3,(H,25,28). The first-order valence-electron chi connectivity index (χ1n) is 10.2. The molecule has 3 aromatic heterocycles. The van der Waals surface area contributed by atoms with Crippen molar-refractivity contribution >= 4 is 11.4 Å². The van der Waals surface area contributed by atoms with Crippen molar-refractivity contribution in [2.45, 2.75) is 56.5 Å². The lowest BCUT2D eigenvalue weighted by molar-refractivity contribution is -0.0744. The molecule has 4 bridgehead atoms. The molecule has 4 saturated carbocycles. The third kappa shape index (κ3) is 2.22. The lowest BCUT2D eigenvalue weighted by Crippen LogP contribution is -2.65. The summed E-state index contributed by atoms with van der Waals surface area (Å²) in [5, 5.41) is 12.4. The molecule has 7 rings (SSSR count). The lowest BCUT2D eigenvalue weighted by atomic mass is 9.50. The molecule has 0 saturated heterocycles. The van der Waals surface area contributed by atoms with Gasteiger partial charge in [-0.2, -0.15) is 10.2 Å². The Morgan fingerprint density at radius 2 is 2.04 bits per heavy atom. The van der Waals surface area contributed by atoms with Crippen LogP contribution < -0.4 is 5.32 Å². The van der Waals surface area contributed by atoms with Crippen molar-refractivity contribution in [1.82, 2.24) is 29.7 Å². The Kier molecular flexibility index (Phi) is 3.15. The van der Waals surface area contributed by atoms with Gasteiger partial charge in [-0.1, -0.05) is 6.07 Å². The topological polar surface area (TPSA) is 77.1 Å². The number of aromatic nitrogens is 5. The van der Waals surface area contributed by atoms with E-state index in [-0.39, 0.29) is 17.0 Å². The highest BCUT2D eigenvalue weighted by Crippen LogP contribution is 2.60. The van der Waals surface area contributed by atoms with Crippen molar-refractivity contribution in [2.24, 2.45) is 11.8 Å². The summed E-state index contributed by atoms with van der Waals surface area (Å²) in [4.78, 5) is 17.5. The Bertz CT molecular complexity index is 1050. The number of nitrogens with zero attached hydrogens (tertiary/aromatic N) is 5. The molecule has 0 spiro atoms. The van der Waals surface area contributed by atoms with Gasteiger partial charge in [0, 0.05) is 11.7 Å². The summed E-state index contributed by atoms with van der Waals surface area (Å²) in [7, 11) is 0. The molecule has 2 atom stereocenters. The van der Waals surface area contributed by atoms with Gasteiger partial charge >= 0.3 is 0 Å². The Morgan fingerprint density at radius 3 is 2.79 bits per heavy atom. The van der Waals surface area contributed by atoms with Gasteiger partial charge in [0.05, 0.1) is 22.8 Å². The van der Waals surface area contributed by atoms with Crippen LogP contribution in [0.2, 0.25) is 0 Å². The van der Waals surface area contributed by atoms with Crippen LogP contribution in [-0.4, -0.2) is 35.8 Å². The Morgan fingerprint density at radius 1 is 1.21 bits per heavy atom. The molecule has 28 heavy (non-hydrogen) atoms. The second-order valence-corrected chi connectivity index (χ2v) is 9.30. The number of hydrogen-bond acceptors (Lipinski definition) is 4. The number of pyridine rings is 1. The van der Waals surface area contributed by atoms with E-state index in [1.54, 1.807) is 17.0 Å². The third-order valence-corrected chi connectivity index (χ3v) is 7.30. The zero-order valence-corrected chi connectivity index (χ0v) is 16.0. The van der Waals surface area contributed by atoms with Crippen LogP contribution in [0, 0.1) is 18.8 Å². The van der Waals surface area contributed by atoms with E-state index in [1.807, 2.05) is 31.6 Å². The first-order valence-corrected chi connectivity index (χ1v) is 10.2. The Hall–Kier alpha value is -2.70. The summed E-state index contributed by atoms with van der Waals surface area (Å²) in [6.45, 7) is 2.03. The normalized spacial score (nSPS) is 33.5. The minimum Gasteiger partial charge on any atom is -0.346 e. The first-order chi connectivity index (χ1) is 13.6. The fraction of sp³-hybridized carbons (Fsp3) is 0.524. The van der Waals surface area contributed by atoms with Crippen LogP contribution in [0.5, 0.6) is 0 Å². The van der Waals surface area contributed by atoms with E-state index >= 15 is 0 Å². The van der Waals surface area contributed by atoms with E-state index in [9.17, 15) is 4.79 Å². The number of fused-ring (bicyclic) bond motifs is 1. The summed E-state index contributed by atoms with van der Waals surface area (Å²) in [6.07, 6.45) is 13.8. The monoisotopic (exact) mass is 376 g/mol. The molecule has 4 aliphatic carbocycles. The van der Waals surface area contributed by atoms with Crippen molar-refractivity contribution in [2.75, 3.05) is 0 Å². The smallest absolute Gasteiger partial charge is 0.255 e. The van der Waals surface area contributed by atoms with Crippen LogP contribution in [0.1, 0.15) is 54.4 Å². The van der Waals surface area contributed by atoms with Gasteiger partial charge in [-0.15, -0.1) is 0 Å². The maximum atomic E-state index is 13.3. The molecule has 144 valence electrons. The van der Waals surface area contributed by atoms with E-state index in [0.29, 0.717) is 17.4 Å². The first kappa shape index (κ1) is 16.3. The molecule has 0 aliphatic heterocycles. The number of carbonyl (C=O) groups excluding carboxylic acids is 1. The van der Waals surface area contributed by atoms with Gasteiger partial charge < -0.3 is 5.32 Å². The molecular formula is C21H24N6O. The zero-order valence-electron chi connectivity index (χ0n) is 16.0. The highest BCUT2D eigenvalue weighted by atomic mass is 16.1. The SMILES string of the molecule is Cc1cccn2ncc(C(=O)NC34CC5CC(C3)CC(n3cncn3)(C5)C4)c12. The highest BCUT2D eigenvalue weighted by Gasteiger charge is 2.59. The van der Waals surface area contributed by atoms with Crippen LogP contribution in [0.25, 0.3) is 5.52 Å². The Labute approximate surface area is 163 Å². The van der Waals surface area contributed by atoms with Crippen molar-refractivity contribution in [3.63, 3.8) is 0 Å². The molecule has 0 radical (unpaired) electrons. The van der Waals surface area contributed by atoms with E-state index in [1.165, 1.54) is 6.42 Å². The van der Waals surface area contributed by atoms with E-state index in [2.05, 4.69) is 25.2 Å². The molecule has 4 aliphatic rings. The predicted octanol–water partition coefficient (Wildman–Crippen LogP) is 2.71. The van der Waals surface area contributed by atoms with Crippen LogP contribution in [0.3, 0.4) is 0 Å². The molecule has 3 aromatic rings. The highest BCUT2D eigenvalue weighted by molar-refractivity contribution is 6.01. The van der Waals surface area contributed by atoms with Crippen molar-refractivity contribution in [1.29, 1.82) is 0 Å². The maximum Gasteiger partial charge on any atom is 0.255 e. The van der Waals surface area contributed by atoms with E-state index < -0.39 is 0 Å². The summed E-state index contributed by atoms with van der Waals surface area (Å²) in [6, 6.07) is 3.98. The zero-order chi connectivity index (χ0) is 18.9. The molecule has 1 N–H and O–H groups in total. The maximum absolute atomic E-state index is 13.3. The van der Waals surface area contributed by atoms with Crippen LogP contribution in [0.15, 0.2) is 37.2 Å². The van der Waals surface area contributed by atoms with Gasteiger partial charge in [-0.25, -0.2) is 14.2 Å². The summed E-state index contributed by atoms with van der Waals surface area (Å²) >= 11 is 0. The minimum absolute atomic E-state index is 0.00000898. The molecule has 0 aromatic carbocycles. The van der Waals surface area contributed by atoms with Gasteiger partial charge in [0.15, 0.2) is 0 Å². The van der Waals surface area contributed by atoms with Crippen LogP contribution in [-0.2, 0) is 5.54 Å². The van der Waals surface area contributed by atoms with Crippen LogP contribution >= 0.6 is 0 Å². The quantitative estimate of drug-likeness (QED) is 0.762. The molecule has 4 fully saturated rings. The van der Waals surface area contributed by atoms with Gasteiger partial charge in [0.25, 0.3) is 5.91 Å². The van der Waals surface area contributed by atoms with E-state index in [0.717, 1.165) is 43.2 Å². The van der Waals surface area contributed by atoms with Gasteiger partial charge in [-0.3, -0.25) is 4.79 Å². The third-order valence-electron chi connectivity index (χ3n) is 7.30. The molecule has 3 heterocycles. The van der Waals surface area contributed by atoms with Crippen LogP contribution in [0.4, 0.5) is 0 Å². The number of nitrogens with one attached hydrogen (secondary N) is 1. The van der Waals surface area contributed by atoms with E-state index in [4.69, 9.17) is 0 Å². The number of aryl methyl sites for hydroxylation is 1. The van der Waals surface area contributed by atoms with Crippen molar-refractivity contribution < 1.29 is 4.79 Å². The molecule has 1 amide bonds.